The summed E-state index contributed by atoms with van der Waals surface area (Å²) in [6.07, 6.45) is 0. The Hall–Kier alpha value is -3.48. The normalized spacial score (nSPS) is 9.85. The molecule has 0 amide bonds. The summed E-state index contributed by atoms with van der Waals surface area (Å²) >= 11 is 0. The van der Waals surface area contributed by atoms with Gasteiger partial charge in [-0.1, -0.05) is 182 Å². The fraction of sp³-hybridized carbons (Fsp3) is 0. The van der Waals surface area contributed by atoms with E-state index in [0.29, 0.717) is 0 Å². The molecule has 0 bridgehead atoms. The predicted molar refractivity (Wildman–Crippen MR) is 174 cm³/mol. The molecular weight excluding hydrogens is 513 g/mol. The Kier molecular flexibility index (Phi) is 11.1. The molecule has 6 aromatic rings. The molecule has 0 N–H and O–H groups in total. The van der Waals surface area contributed by atoms with Crippen LogP contribution in [0.1, 0.15) is 0 Å². The zero-order valence-electron chi connectivity index (χ0n) is 22.0. The van der Waals surface area contributed by atoms with Crippen molar-refractivity contribution in [3.63, 3.8) is 0 Å². The molecule has 0 saturated carbocycles. The molecule has 0 heterocycles. The van der Waals surface area contributed by atoms with E-state index in [0.717, 1.165) is 0 Å². The fourth-order valence-corrected chi connectivity index (χ4v) is 9.78. The quantitative estimate of drug-likeness (QED) is 0.220. The van der Waals surface area contributed by atoms with Crippen molar-refractivity contribution >= 4 is 71.8 Å². The Morgan fingerprint density at radius 1 is 0.205 bits per heavy atom. The number of hydrogen-bond acceptors (Lipinski definition) is 0. The van der Waals surface area contributed by atoms with Gasteiger partial charge in [0.05, 0.1) is 0 Å². The summed E-state index contributed by atoms with van der Waals surface area (Å²) in [5.74, 6) is 0. The van der Waals surface area contributed by atoms with Crippen LogP contribution in [-0.4, -0.2) is 40.6 Å². The third kappa shape index (κ3) is 7.78. The Morgan fingerprint density at radius 2 is 0.333 bits per heavy atom. The Labute approximate surface area is 252 Å². The van der Waals surface area contributed by atoms with Gasteiger partial charge in [0.1, 0.15) is 0 Å². The smallest absolute Gasteiger partial charge is 0.219 e. The van der Waals surface area contributed by atoms with Crippen LogP contribution >= 0.6 is 0 Å². The molecule has 0 aromatic heterocycles. The fourth-order valence-electron chi connectivity index (χ4n) is 4.63. The monoisotopic (exact) mass is 542 g/mol. The molecule has 0 aliphatic rings. The molecule has 0 atom stereocenters. The first-order valence-electron chi connectivity index (χ1n) is 13.0. The van der Waals surface area contributed by atoms with E-state index in [1.165, 1.54) is 31.1 Å². The largest absolute Gasteiger partial charge is 2.00 e. The summed E-state index contributed by atoms with van der Waals surface area (Å²) in [7, 11) is -1.75. The minimum atomic E-state index is -0.877. The number of benzene rings is 6. The van der Waals surface area contributed by atoms with Gasteiger partial charge in [0.2, 0.25) is 0 Å². The predicted octanol–water partition coefficient (Wildman–Crippen LogP) is 4.02. The van der Waals surface area contributed by atoms with Gasteiger partial charge in [-0.3, -0.25) is 0 Å². The zero-order valence-corrected chi connectivity index (χ0v) is 25.4. The summed E-state index contributed by atoms with van der Waals surface area (Å²) in [6.45, 7) is 0. The maximum atomic E-state index is 2.24. The van der Waals surface area contributed by atoms with E-state index in [4.69, 9.17) is 0 Å². The SMILES string of the molecule is [Mg+2].c1ccc([Si-](c2ccccc2)c2ccccc2)cc1.c1ccc([Si-](c2ccccc2)c2ccccc2)cc1. The second-order valence-electron chi connectivity index (χ2n) is 8.95. The van der Waals surface area contributed by atoms with Crippen LogP contribution < -0.4 is 31.1 Å². The maximum Gasteiger partial charge on any atom is 2.00 e. The van der Waals surface area contributed by atoms with Gasteiger partial charge in [0.25, 0.3) is 0 Å². The molecule has 0 saturated heterocycles. The molecular formula is C36H30MgSi2. The summed E-state index contributed by atoms with van der Waals surface area (Å²) in [5.41, 5.74) is 0. The van der Waals surface area contributed by atoms with Crippen LogP contribution in [0.4, 0.5) is 0 Å². The van der Waals surface area contributed by atoms with E-state index in [-0.39, 0.29) is 23.1 Å². The van der Waals surface area contributed by atoms with Gasteiger partial charge in [-0.15, -0.1) is 0 Å². The third-order valence-corrected chi connectivity index (χ3v) is 11.8. The van der Waals surface area contributed by atoms with E-state index < -0.39 is 17.6 Å². The molecule has 6 aromatic carbocycles. The average Bonchev–Trinajstić information content (AvgIpc) is 3.01. The van der Waals surface area contributed by atoms with Crippen molar-refractivity contribution < 1.29 is 0 Å². The van der Waals surface area contributed by atoms with Crippen LogP contribution in [0.3, 0.4) is 0 Å². The molecule has 39 heavy (non-hydrogen) atoms. The Balaban J connectivity index is 0.000000176. The minimum absolute atomic E-state index is 0. The molecule has 0 nitrogen and oxygen atoms in total. The standard InChI is InChI=1S/2C18H15Si.Mg/c2*1-4-10-16(11-5-1)19(17-12-6-2-7-13-17)18-14-8-3-9-15-18;/h2*1-15H;/q2*-1;+2. The van der Waals surface area contributed by atoms with Crippen molar-refractivity contribution in [2.75, 3.05) is 0 Å². The summed E-state index contributed by atoms with van der Waals surface area (Å²) in [4.78, 5) is 0. The van der Waals surface area contributed by atoms with E-state index in [1.54, 1.807) is 0 Å². The molecule has 0 aliphatic heterocycles. The average molecular weight is 543 g/mol. The van der Waals surface area contributed by atoms with E-state index in [9.17, 15) is 0 Å². The third-order valence-electron chi connectivity index (χ3n) is 6.37. The van der Waals surface area contributed by atoms with Crippen LogP contribution in [0, 0.1) is 0 Å². The Morgan fingerprint density at radius 3 is 0.462 bits per heavy atom. The van der Waals surface area contributed by atoms with Crippen molar-refractivity contribution in [1.82, 2.24) is 0 Å². The second-order valence-corrected chi connectivity index (χ2v) is 13.9. The van der Waals surface area contributed by atoms with Crippen LogP contribution in [0.15, 0.2) is 182 Å². The molecule has 184 valence electrons. The molecule has 0 radical (unpaired) electrons. The molecule has 0 aliphatic carbocycles. The molecule has 0 fully saturated rings. The van der Waals surface area contributed by atoms with Crippen LogP contribution in [-0.2, 0) is 0 Å². The van der Waals surface area contributed by atoms with Crippen LogP contribution in [0.5, 0.6) is 0 Å². The van der Waals surface area contributed by atoms with Crippen LogP contribution in [0.2, 0.25) is 0 Å². The summed E-state index contributed by atoms with van der Waals surface area (Å²) in [6, 6.07) is 65.0. The first-order chi connectivity index (χ1) is 18.9. The van der Waals surface area contributed by atoms with E-state index in [1.807, 2.05) is 0 Å². The first kappa shape index (κ1) is 28.5. The van der Waals surface area contributed by atoms with Gasteiger partial charge in [0, 0.05) is 0 Å². The van der Waals surface area contributed by atoms with Gasteiger partial charge in [-0.2, -0.15) is 31.1 Å². The number of hydrogen-bond donors (Lipinski definition) is 0. The van der Waals surface area contributed by atoms with Crippen molar-refractivity contribution in [2.45, 2.75) is 0 Å². The van der Waals surface area contributed by atoms with Gasteiger partial charge in [-0.25, -0.2) is 17.6 Å². The molecule has 0 spiro atoms. The van der Waals surface area contributed by atoms with Crippen LogP contribution in [0.25, 0.3) is 0 Å². The van der Waals surface area contributed by atoms with Crippen molar-refractivity contribution in [2.24, 2.45) is 0 Å². The van der Waals surface area contributed by atoms with Crippen molar-refractivity contribution in [1.29, 1.82) is 0 Å². The first-order valence-corrected chi connectivity index (χ1v) is 16.0. The van der Waals surface area contributed by atoms with E-state index in [2.05, 4.69) is 182 Å². The molecule has 6 rings (SSSR count). The van der Waals surface area contributed by atoms with Crippen molar-refractivity contribution in [3.8, 4) is 0 Å². The van der Waals surface area contributed by atoms with Crippen molar-refractivity contribution in [3.05, 3.63) is 182 Å². The maximum absolute atomic E-state index is 2.24. The summed E-state index contributed by atoms with van der Waals surface area (Å²) < 4.78 is 0. The minimum Gasteiger partial charge on any atom is -0.219 e. The van der Waals surface area contributed by atoms with E-state index >= 15 is 0 Å². The molecule has 0 unspecified atom stereocenters. The molecule has 3 heteroatoms. The Bertz CT molecular complexity index is 1170. The van der Waals surface area contributed by atoms with Gasteiger partial charge in [0.15, 0.2) is 0 Å². The summed E-state index contributed by atoms with van der Waals surface area (Å²) in [5, 5.41) is 8.61. The number of rotatable bonds is 6. The van der Waals surface area contributed by atoms with Gasteiger partial charge in [-0.05, 0) is 0 Å². The van der Waals surface area contributed by atoms with Gasteiger partial charge >= 0.3 is 23.1 Å². The second kappa shape index (κ2) is 15.2. The topological polar surface area (TPSA) is 0 Å². The van der Waals surface area contributed by atoms with Gasteiger partial charge < -0.3 is 0 Å². The zero-order chi connectivity index (χ0) is 25.8.